The van der Waals surface area contributed by atoms with E-state index in [1.807, 2.05) is 78.9 Å². The molecule has 16 rings (SSSR count). The van der Waals surface area contributed by atoms with E-state index in [2.05, 4.69) is 134 Å². The molecule has 0 fully saturated rings. The number of rotatable bonds is 3. The highest BCUT2D eigenvalue weighted by Gasteiger charge is 2.31. The fourth-order valence-electron chi connectivity index (χ4n) is 11.9. The maximum Gasteiger partial charge on any atom is 0.232 e. The summed E-state index contributed by atoms with van der Waals surface area (Å²) in [7, 11) is 0. The number of nitrogens with zero attached hydrogens (tertiary/aromatic N) is 5. The van der Waals surface area contributed by atoms with Crippen LogP contribution in [0.5, 0.6) is 0 Å². The number of benzene rings is 10. The van der Waals surface area contributed by atoms with Crippen molar-refractivity contribution in [2.75, 3.05) is 0 Å². The minimum atomic E-state index is 0.216. The molecule has 0 atom stereocenters. The Morgan fingerprint density at radius 2 is 0.729 bits per heavy atom. The number of hydrogen-bond donors (Lipinski definition) is 0. The molecular formula is C62H31N5O3. The van der Waals surface area contributed by atoms with Crippen LogP contribution in [0.3, 0.4) is 0 Å². The molecule has 6 heterocycles. The van der Waals surface area contributed by atoms with Gasteiger partial charge in [0.25, 0.3) is 0 Å². The fraction of sp³-hybridized carbons (Fsp3) is 0. The number of furan rings is 3. The zero-order valence-electron chi connectivity index (χ0n) is 36.9. The standard InChI is InChI=1S/C62H31N5O3/c1-64-58-43(33-63)47(65-44-20-8-2-14-34(44)37-26-29-52-55(59(37)65)40-17-5-11-23-49(40)68-52)32-48(66-45-21-9-3-15-35(45)38-27-30-53-56(60(38)66)41-18-6-12-24-50(41)69-53)62(58)67-46-22-10-4-16-36(46)39-28-31-54-57(61(39)67)42-19-7-13-25-51(42)70-54/h2-32H. The number of hydrogen-bond acceptors (Lipinski definition) is 4. The second kappa shape index (κ2) is 13.3. The minimum absolute atomic E-state index is 0.216. The lowest BCUT2D eigenvalue weighted by Gasteiger charge is -2.22. The van der Waals surface area contributed by atoms with E-state index in [0.29, 0.717) is 17.1 Å². The van der Waals surface area contributed by atoms with Crippen LogP contribution in [-0.2, 0) is 0 Å². The topological polar surface area (TPSA) is 82.4 Å². The predicted molar refractivity (Wildman–Crippen MR) is 282 cm³/mol. The van der Waals surface area contributed by atoms with Crippen molar-refractivity contribution in [1.82, 2.24) is 13.7 Å². The Morgan fingerprint density at radius 3 is 1.14 bits per heavy atom. The van der Waals surface area contributed by atoms with Gasteiger partial charge in [0.15, 0.2) is 0 Å². The molecule has 0 amide bonds. The molecule has 0 N–H and O–H groups in total. The summed E-state index contributed by atoms with van der Waals surface area (Å²) in [6.45, 7) is 9.43. The van der Waals surface area contributed by atoms with E-state index in [1.54, 1.807) is 0 Å². The first-order chi connectivity index (χ1) is 34.7. The van der Waals surface area contributed by atoms with Gasteiger partial charge in [-0.15, -0.1) is 0 Å². The van der Waals surface area contributed by atoms with Gasteiger partial charge in [-0.1, -0.05) is 109 Å². The van der Waals surface area contributed by atoms with Crippen molar-refractivity contribution < 1.29 is 13.3 Å². The third-order valence-corrected chi connectivity index (χ3v) is 14.7. The van der Waals surface area contributed by atoms with E-state index in [9.17, 15) is 11.8 Å². The van der Waals surface area contributed by atoms with Crippen LogP contribution >= 0.6 is 0 Å². The Labute approximate surface area is 395 Å². The summed E-state index contributed by atoms with van der Waals surface area (Å²) in [6.07, 6.45) is 0. The predicted octanol–water partition coefficient (Wildman–Crippen LogP) is 17.1. The third-order valence-electron chi connectivity index (χ3n) is 14.7. The summed E-state index contributed by atoms with van der Waals surface area (Å²) in [5, 5.41) is 23.7. The highest BCUT2D eigenvalue weighted by molar-refractivity contribution is 6.28. The van der Waals surface area contributed by atoms with Gasteiger partial charge in [-0.05, 0) is 78.9 Å². The number of fused-ring (bicyclic) bond motifs is 21. The van der Waals surface area contributed by atoms with Crippen LogP contribution in [0.1, 0.15) is 5.56 Å². The molecule has 10 aromatic carbocycles. The molecule has 16 aromatic rings. The summed E-state index contributed by atoms with van der Waals surface area (Å²) in [4.78, 5) is 4.53. The molecule has 0 radical (unpaired) electrons. The molecule has 0 aliphatic heterocycles. The van der Waals surface area contributed by atoms with Crippen molar-refractivity contribution in [2.24, 2.45) is 0 Å². The molecule has 0 spiro atoms. The fourth-order valence-corrected chi connectivity index (χ4v) is 11.9. The van der Waals surface area contributed by atoms with Gasteiger partial charge in [0.2, 0.25) is 5.69 Å². The highest BCUT2D eigenvalue weighted by Crippen LogP contribution is 2.50. The number of nitriles is 1. The largest absolute Gasteiger partial charge is 0.456 e. The zero-order valence-corrected chi connectivity index (χ0v) is 36.9. The van der Waals surface area contributed by atoms with Crippen molar-refractivity contribution in [3.8, 4) is 23.1 Å². The molecule has 0 saturated carbocycles. The SMILES string of the molecule is [C-]#[N+]c1c(C#N)c(-n2c3ccccc3c3ccc4oc5ccccc5c4c32)cc(-n2c3ccccc3c3ccc4oc5ccccc5c4c32)c1-n1c2ccccc2c2ccc3oc4ccccc4c3c21. The normalized spacial score (nSPS) is 12.3. The van der Waals surface area contributed by atoms with Crippen molar-refractivity contribution in [3.63, 3.8) is 0 Å². The van der Waals surface area contributed by atoms with Gasteiger partial charge in [-0.3, -0.25) is 0 Å². The Balaban J connectivity index is 1.19. The lowest BCUT2D eigenvalue weighted by atomic mass is 10.0. The van der Waals surface area contributed by atoms with Crippen LogP contribution in [0.2, 0.25) is 0 Å². The van der Waals surface area contributed by atoms with Gasteiger partial charge in [-0.25, -0.2) is 4.85 Å². The summed E-state index contributed by atoms with van der Waals surface area (Å²) in [5.74, 6) is 0. The van der Waals surface area contributed by atoms with Crippen LogP contribution in [-0.4, -0.2) is 13.7 Å². The van der Waals surface area contributed by atoms with Crippen LogP contribution in [0.4, 0.5) is 5.69 Å². The monoisotopic (exact) mass is 893 g/mol. The van der Waals surface area contributed by atoms with Crippen LogP contribution in [0.15, 0.2) is 201 Å². The van der Waals surface area contributed by atoms with Crippen molar-refractivity contribution >= 4 is 137 Å². The number of aromatic nitrogens is 3. The van der Waals surface area contributed by atoms with Gasteiger partial charge in [0.05, 0.1) is 84.5 Å². The van der Waals surface area contributed by atoms with Gasteiger partial charge in [-0.2, -0.15) is 5.26 Å². The molecule has 70 heavy (non-hydrogen) atoms. The van der Waals surface area contributed by atoms with Gasteiger partial charge in [0, 0.05) is 48.5 Å². The van der Waals surface area contributed by atoms with E-state index in [4.69, 9.17) is 13.3 Å². The maximum atomic E-state index is 11.9. The van der Waals surface area contributed by atoms with Crippen molar-refractivity contribution in [3.05, 3.63) is 205 Å². The summed E-state index contributed by atoms with van der Waals surface area (Å²) >= 11 is 0. The molecule has 0 aliphatic rings. The minimum Gasteiger partial charge on any atom is -0.456 e. The molecule has 0 bridgehead atoms. The Hall–Kier alpha value is -10.0. The average Bonchev–Trinajstić information content (AvgIpc) is 4.26. The molecule has 6 aromatic heterocycles. The van der Waals surface area contributed by atoms with E-state index < -0.39 is 0 Å². The summed E-state index contributed by atoms with van der Waals surface area (Å²) in [6, 6.07) is 66.9. The lowest BCUT2D eigenvalue weighted by molar-refractivity contribution is 0.669. The number of para-hydroxylation sites is 6. The first kappa shape index (κ1) is 37.1. The molecule has 0 aliphatic carbocycles. The van der Waals surface area contributed by atoms with Crippen molar-refractivity contribution in [1.29, 1.82) is 5.26 Å². The van der Waals surface area contributed by atoms with E-state index >= 15 is 0 Å². The maximum absolute atomic E-state index is 11.9. The summed E-state index contributed by atoms with van der Waals surface area (Å²) in [5.41, 5.74) is 12.3. The smallest absolute Gasteiger partial charge is 0.232 e. The van der Waals surface area contributed by atoms with Crippen LogP contribution in [0.25, 0.3) is 153 Å². The second-order valence-electron chi connectivity index (χ2n) is 18.1. The first-order valence-electron chi connectivity index (χ1n) is 23.2. The van der Waals surface area contributed by atoms with Gasteiger partial charge < -0.3 is 27.0 Å². The highest BCUT2D eigenvalue weighted by atomic mass is 16.3. The molecule has 8 heteroatoms. The first-order valence-corrected chi connectivity index (χ1v) is 23.2. The Bertz CT molecular complexity index is 5110. The second-order valence-corrected chi connectivity index (χ2v) is 18.1. The van der Waals surface area contributed by atoms with E-state index in [-0.39, 0.29) is 11.3 Å². The molecule has 0 saturated heterocycles. The summed E-state index contributed by atoms with van der Waals surface area (Å²) < 4.78 is 26.5. The Kier molecular flexibility index (Phi) is 7.06. The van der Waals surface area contributed by atoms with Gasteiger partial charge >= 0.3 is 0 Å². The van der Waals surface area contributed by atoms with Crippen molar-refractivity contribution in [2.45, 2.75) is 0 Å². The van der Waals surface area contributed by atoms with Crippen LogP contribution < -0.4 is 0 Å². The van der Waals surface area contributed by atoms with Crippen LogP contribution in [0, 0.1) is 17.9 Å². The van der Waals surface area contributed by atoms with E-state index in [0.717, 1.165) is 131 Å². The van der Waals surface area contributed by atoms with E-state index in [1.165, 1.54) is 0 Å². The molecule has 0 unspecified atom stereocenters. The zero-order chi connectivity index (χ0) is 45.9. The Morgan fingerprint density at radius 1 is 0.371 bits per heavy atom. The quantitative estimate of drug-likeness (QED) is 0.165. The van der Waals surface area contributed by atoms with Gasteiger partial charge in [0.1, 0.15) is 33.5 Å². The molecular weight excluding hydrogens is 863 g/mol. The lowest BCUT2D eigenvalue weighted by Crippen LogP contribution is -2.09. The average molecular weight is 894 g/mol. The molecule has 322 valence electrons. The molecule has 8 nitrogen and oxygen atoms in total. The third kappa shape index (κ3) is 4.57.